The summed E-state index contributed by atoms with van der Waals surface area (Å²) >= 11 is 12.2. The quantitative estimate of drug-likeness (QED) is 0.220. The van der Waals surface area contributed by atoms with E-state index in [9.17, 15) is 18.0 Å². The van der Waals surface area contributed by atoms with Gasteiger partial charge in [-0.25, -0.2) is 4.98 Å². The van der Waals surface area contributed by atoms with Crippen molar-refractivity contribution < 1.29 is 27.2 Å². The number of benzene rings is 1. The first kappa shape index (κ1) is 32.3. The predicted molar refractivity (Wildman–Crippen MR) is 164 cm³/mol. The highest BCUT2D eigenvalue weighted by atomic mass is 35.5. The molecule has 1 aromatic carbocycles. The number of carbonyl (C=O) groups is 1. The van der Waals surface area contributed by atoms with Crippen LogP contribution in [0.2, 0.25) is 10.0 Å². The average molecular weight is 640 g/mol. The maximum atomic E-state index is 13.4. The van der Waals surface area contributed by atoms with Crippen LogP contribution in [0, 0.1) is 5.92 Å². The zero-order valence-corrected chi connectivity index (χ0v) is 26.9. The first-order valence-corrected chi connectivity index (χ1v) is 15.9. The van der Waals surface area contributed by atoms with E-state index in [1.54, 1.807) is 6.07 Å². The molecule has 2 aliphatic heterocycles. The van der Waals surface area contributed by atoms with E-state index in [2.05, 4.69) is 29.1 Å². The normalized spacial score (nSPS) is 24.3. The molecule has 234 valence electrons. The highest BCUT2D eigenvalue weighted by Crippen LogP contribution is 2.43. The molecule has 0 saturated carbocycles. The number of likely N-dealkylation sites (N-methyl/N-ethyl adjacent to an activating group) is 1. The van der Waals surface area contributed by atoms with E-state index >= 15 is 0 Å². The first-order chi connectivity index (χ1) is 20.1. The van der Waals surface area contributed by atoms with Gasteiger partial charge in [0.05, 0.1) is 44.2 Å². The van der Waals surface area contributed by atoms with Gasteiger partial charge < -0.3 is 9.22 Å². The van der Waals surface area contributed by atoms with Gasteiger partial charge in [-0.05, 0) is 99.5 Å². The summed E-state index contributed by atoms with van der Waals surface area (Å²) in [5.41, 5.74) is 4.27. The Morgan fingerprint density at radius 1 is 1.16 bits per heavy atom. The highest BCUT2D eigenvalue weighted by molar-refractivity contribution is 6.31. The molecular formula is C33H41Cl2F3N3O2+. The molecule has 2 aromatic rings. The molecule has 1 aromatic heterocycles. The summed E-state index contributed by atoms with van der Waals surface area (Å²) < 4.78 is 46.6. The third kappa shape index (κ3) is 7.75. The van der Waals surface area contributed by atoms with Crippen molar-refractivity contribution in [3.63, 3.8) is 0 Å². The molecule has 1 aliphatic carbocycles. The van der Waals surface area contributed by atoms with Gasteiger partial charge in [0.1, 0.15) is 5.60 Å². The van der Waals surface area contributed by atoms with Crippen LogP contribution in [0.15, 0.2) is 35.9 Å². The van der Waals surface area contributed by atoms with Gasteiger partial charge in [0, 0.05) is 29.6 Å². The van der Waals surface area contributed by atoms with E-state index in [4.69, 9.17) is 27.9 Å². The summed E-state index contributed by atoms with van der Waals surface area (Å²) in [5, 5.41) is 0.365. The average Bonchev–Trinajstić information content (AvgIpc) is 3.44. The molecule has 3 heterocycles. The number of likely N-dealkylation sites (tertiary alicyclic amines) is 1. The highest BCUT2D eigenvalue weighted by Gasteiger charge is 2.43. The molecule has 1 fully saturated rings. The summed E-state index contributed by atoms with van der Waals surface area (Å²) in [6, 6.07) is 9.24. The second-order valence-corrected chi connectivity index (χ2v) is 14.5. The van der Waals surface area contributed by atoms with Crippen LogP contribution in [0.25, 0.3) is 5.57 Å². The summed E-state index contributed by atoms with van der Waals surface area (Å²) in [5.74, 6) is 0.145. The molecule has 1 saturated heterocycles. The van der Waals surface area contributed by atoms with Gasteiger partial charge in [0.25, 0.3) is 0 Å². The molecule has 0 amide bonds. The van der Waals surface area contributed by atoms with E-state index < -0.39 is 17.5 Å². The number of quaternary nitrogens is 1. The number of ether oxygens (including phenoxy) is 1. The molecule has 10 heteroatoms. The first-order valence-electron chi connectivity index (χ1n) is 15.1. The topological polar surface area (TPSA) is 42.4 Å². The zero-order valence-electron chi connectivity index (χ0n) is 25.4. The van der Waals surface area contributed by atoms with Gasteiger partial charge in [0.2, 0.25) is 0 Å². The van der Waals surface area contributed by atoms with Crippen molar-refractivity contribution in [1.82, 2.24) is 9.88 Å². The number of aromatic nitrogens is 1. The number of nitrogens with zero attached hydrogens (tertiary/aromatic N) is 3. The Morgan fingerprint density at radius 3 is 2.65 bits per heavy atom. The number of hydrogen-bond acceptors (Lipinski definition) is 4. The lowest BCUT2D eigenvalue weighted by Gasteiger charge is -2.42. The van der Waals surface area contributed by atoms with Gasteiger partial charge in [-0.3, -0.25) is 9.69 Å². The largest absolute Gasteiger partial charge is 0.460 e. The van der Waals surface area contributed by atoms with Crippen molar-refractivity contribution >= 4 is 34.7 Å². The third-order valence-corrected chi connectivity index (χ3v) is 9.51. The molecular weight excluding hydrogens is 598 g/mol. The van der Waals surface area contributed by atoms with Gasteiger partial charge in [-0.15, -0.1) is 0 Å². The lowest BCUT2D eigenvalue weighted by atomic mass is 9.91. The lowest BCUT2D eigenvalue weighted by Crippen LogP contribution is -2.54. The summed E-state index contributed by atoms with van der Waals surface area (Å²) in [6.07, 6.45) is -0.229. The Morgan fingerprint density at radius 2 is 1.93 bits per heavy atom. The van der Waals surface area contributed by atoms with E-state index in [0.29, 0.717) is 25.0 Å². The van der Waals surface area contributed by atoms with Crippen molar-refractivity contribution in [2.75, 3.05) is 39.8 Å². The summed E-state index contributed by atoms with van der Waals surface area (Å²) in [4.78, 5) is 18.9. The Hall–Kier alpha value is -2.13. The fourth-order valence-corrected chi connectivity index (χ4v) is 7.55. The van der Waals surface area contributed by atoms with Gasteiger partial charge in [-0.1, -0.05) is 29.3 Å². The van der Waals surface area contributed by atoms with Crippen LogP contribution in [0.5, 0.6) is 0 Å². The second kappa shape index (κ2) is 12.3. The van der Waals surface area contributed by atoms with Crippen LogP contribution in [-0.2, 0) is 28.5 Å². The SMILES string of the molecule is CC(C)(C)OC(=O)CC1CC[N+](C)(CC2C3=C(CCN2CCCc2ccc(Cl)c(C(F)(F)F)n2)c2cc(Cl)ccc2C3)C1. The Balaban J connectivity index is 1.31. The monoisotopic (exact) mass is 638 g/mol. The molecule has 3 atom stereocenters. The Kier molecular flexibility index (Phi) is 9.26. The molecule has 0 bridgehead atoms. The maximum absolute atomic E-state index is 13.4. The number of hydrogen-bond donors (Lipinski definition) is 0. The Bertz CT molecular complexity index is 1400. The lowest BCUT2D eigenvalue weighted by molar-refractivity contribution is -0.900. The minimum Gasteiger partial charge on any atom is -0.460 e. The van der Waals surface area contributed by atoms with Crippen LogP contribution >= 0.6 is 23.2 Å². The minimum atomic E-state index is -4.58. The minimum absolute atomic E-state index is 0.136. The predicted octanol–water partition coefficient (Wildman–Crippen LogP) is 7.62. The van der Waals surface area contributed by atoms with E-state index in [1.165, 1.54) is 28.3 Å². The Labute approximate surface area is 262 Å². The van der Waals surface area contributed by atoms with E-state index in [1.807, 2.05) is 26.8 Å². The van der Waals surface area contributed by atoms with Crippen LogP contribution in [-0.4, -0.2) is 71.8 Å². The van der Waals surface area contributed by atoms with Crippen LogP contribution in [0.4, 0.5) is 13.2 Å². The van der Waals surface area contributed by atoms with E-state index in [-0.39, 0.29) is 23.0 Å². The number of alkyl halides is 3. The van der Waals surface area contributed by atoms with Crippen molar-refractivity contribution in [1.29, 1.82) is 0 Å². The standard InChI is InChI=1S/C33H41Cl2F3N3O2/c1-32(2,3)43-30(42)16-21-12-15-41(4,19-21)20-29-27-17-22-7-8-23(34)18-26(22)25(27)11-14-40(29)13-5-6-24-9-10-28(35)31(39-24)33(36,37)38/h7-10,18,21,29H,5-6,11-17,19-20H2,1-4H3/q+1. The van der Waals surface area contributed by atoms with Crippen LogP contribution in [0.3, 0.4) is 0 Å². The third-order valence-electron chi connectivity index (χ3n) is 8.97. The molecule has 0 radical (unpaired) electrons. The van der Waals surface area contributed by atoms with Crippen molar-refractivity contribution in [3.8, 4) is 0 Å². The van der Waals surface area contributed by atoms with E-state index in [0.717, 1.165) is 61.5 Å². The van der Waals surface area contributed by atoms with Crippen LogP contribution in [0.1, 0.15) is 69.0 Å². The van der Waals surface area contributed by atoms with Gasteiger partial charge >= 0.3 is 12.1 Å². The van der Waals surface area contributed by atoms with Gasteiger partial charge in [-0.2, -0.15) is 13.2 Å². The summed E-state index contributed by atoms with van der Waals surface area (Å²) in [7, 11) is 2.29. The second-order valence-electron chi connectivity index (χ2n) is 13.7. The van der Waals surface area contributed by atoms with Crippen molar-refractivity contribution in [3.05, 3.63) is 68.5 Å². The fourth-order valence-electron chi connectivity index (χ4n) is 7.16. The molecule has 0 N–H and O–H groups in total. The maximum Gasteiger partial charge on any atom is 0.434 e. The van der Waals surface area contributed by atoms with Crippen molar-refractivity contribution in [2.24, 2.45) is 5.92 Å². The van der Waals surface area contributed by atoms with Crippen molar-refractivity contribution in [2.45, 2.75) is 77.1 Å². The molecule has 5 rings (SSSR count). The molecule has 43 heavy (non-hydrogen) atoms. The smallest absolute Gasteiger partial charge is 0.434 e. The number of esters is 1. The number of pyridine rings is 1. The number of fused-ring (bicyclic) bond motifs is 2. The number of rotatable bonds is 8. The summed E-state index contributed by atoms with van der Waals surface area (Å²) in [6.45, 7) is 10.1. The fraction of sp³-hybridized carbons (Fsp3) is 0.576. The number of carbonyl (C=O) groups excluding carboxylic acids is 1. The van der Waals surface area contributed by atoms with Crippen LogP contribution < -0.4 is 0 Å². The molecule has 5 nitrogen and oxygen atoms in total. The molecule has 3 aliphatic rings. The number of halogens is 5. The van der Waals surface area contributed by atoms with Gasteiger partial charge in [0.15, 0.2) is 5.69 Å². The molecule has 0 spiro atoms. The number of aryl methyl sites for hydroxylation is 1. The zero-order chi connectivity index (χ0) is 31.2. The molecule has 3 unspecified atom stereocenters.